The van der Waals surface area contributed by atoms with E-state index in [1.54, 1.807) is 7.05 Å². The van der Waals surface area contributed by atoms with Crippen LogP contribution in [0.25, 0.3) is 0 Å². The molecule has 26 heavy (non-hydrogen) atoms. The number of piperidine rings is 1. The fourth-order valence-corrected chi connectivity index (χ4v) is 5.34. The van der Waals surface area contributed by atoms with Crippen molar-refractivity contribution < 1.29 is 22.7 Å². The van der Waals surface area contributed by atoms with Gasteiger partial charge in [-0.3, -0.25) is 9.69 Å². The Balaban J connectivity index is 1.82. The van der Waals surface area contributed by atoms with E-state index < -0.39 is 15.6 Å². The molecule has 0 atom stereocenters. The van der Waals surface area contributed by atoms with Gasteiger partial charge in [-0.2, -0.15) is 4.31 Å². The number of halogens is 1. The highest BCUT2D eigenvalue weighted by molar-refractivity contribution is 7.89. The first kappa shape index (κ1) is 18.9. The second kappa shape index (κ2) is 6.40. The van der Waals surface area contributed by atoms with Crippen LogP contribution >= 0.6 is 11.6 Å². The summed E-state index contributed by atoms with van der Waals surface area (Å²) in [7, 11) is 0.722. The van der Waals surface area contributed by atoms with Crippen molar-refractivity contribution in [2.75, 3.05) is 34.3 Å². The first-order chi connectivity index (χ1) is 12.1. The minimum absolute atomic E-state index is 0.0681. The zero-order valence-corrected chi connectivity index (χ0v) is 16.3. The molecule has 0 radical (unpaired) electrons. The molecule has 3 rings (SSSR count). The number of ether oxygens (including phenoxy) is 1. The SMILES string of the molecule is COc1ccc(S(=O)(=O)N2CCC3(CC2)C(=O)N(C)C(=O)N3C)cc1Cl. The van der Waals surface area contributed by atoms with Crippen molar-refractivity contribution in [1.82, 2.24) is 14.1 Å². The van der Waals surface area contributed by atoms with Crippen molar-refractivity contribution in [1.29, 1.82) is 0 Å². The topological polar surface area (TPSA) is 87.2 Å². The quantitative estimate of drug-likeness (QED) is 0.714. The predicted molar refractivity (Wildman–Crippen MR) is 94.7 cm³/mol. The number of sulfonamides is 1. The van der Waals surface area contributed by atoms with E-state index in [4.69, 9.17) is 16.3 Å². The molecular formula is C16H20ClN3O5S. The third-order valence-electron chi connectivity index (χ3n) is 5.23. The van der Waals surface area contributed by atoms with Crippen LogP contribution in [0.5, 0.6) is 5.75 Å². The van der Waals surface area contributed by atoms with Crippen molar-refractivity contribution in [3.63, 3.8) is 0 Å². The number of likely N-dealkylation sites (N-methyl/N-ethyl adjacent to an activating group) is 2. The van der Waals surface area contributed by atoms with Gasteiger partial charge in [-0.1, -0.05) is 11.6 Å². The van der Waals surface area contributed by atoms with Crippen molar-refractivity contribution in [2.45, 2.75) is 23.3 Å². The molecule has 0 aliphatic carbocycles. The highest BCUT2D eigenvalue weighted by atomic mass is 35.5. The first-order valence-electron chi connectivity index (χ1n) is 8.05. The fraction of sp³-hybridized carbons (Fsp3) is 0.500. The summed E-state index contributed by atoms with van der Waals surface area (Å²) in [5.41, 5.74) is -0.963. The first-order valence-corrected chi connectivity index (χ1v) is 9.86. The van der Waals surface area contributed by atoms with Crippen LogP contribution in [0, 0.1) is 0 Å². The summed E-state index contributed by atoms with van der Waals surface area (Å²) in [5.74, 6) is 0.109. The maximum atomic E-state index is 12.9. The van der Waals surface area contributed by atoms with Crippen molar-refractivity contribution in [3.05, 3.63) is 23.2 Å². The maximum Gasteiger partial charge on any atom is 0.327 e. The van der Waals surface area contributed by atoms with Gasteiger partial charge in [0.25, 0.3) is 5.91 Å². The van der Waals surface area contributed by atoms with Gasteiger partial charge in [-0.05, 0) is 31.0 Å². The summed E-state index contributed by atoms with van der Waals surface area (Å²) in [4.78, 5) is 27.1. The number of methoxy groups -OCH3 is 1. The Hall–Kier alpha value is -1.84. The molecule has 0 N–H and O–H groups in total. The molecule has 2 aliphatic heterocycles. The van der Waals surface area contributed by atoms with Crippen LogP contribution in [0.1, 0.15) is 12.8 Å². The van der Waals surface area contributed by atoms with Gasteiger partial charge >= 0.3 is 6.03 Å². The number of benzene rings is 1. The molecule has 1 aromatic carbocycles. The van der Waals surface area contributed by atoms with Crippen molar-refractivity contribution >= 4 is 33.6 Å². The number of urea groups is 1. The molecule has 0 aromatic heterocycles. The van der Waals surface area contributed by atoms with Crippen LogP contribution in [-0.4, -0.2) is 74.3 Å². The van der Waals surface area contributed by atoms with Gasteiger partial charge in [0, 0.05) is 27.2 Å². The largest absolute Gasteiger partial charge is 0.495 e. The smallest absolute Gasteiger partial charge is 0.327 e. The molecule has 0 bridgehead atoms. The summed E-state index contributed by atoms with van der Waals surface area (Å²) in [6, 6.07) is 3.93. The van der Waals surface area contributed by atoms with E-state index in [1.165, 1.54) is 41.6 Å². The van der Waals surface area contributed by atoms with Gasteiger partial charge in [-0.25, -0.2) is 13.2 Å². The molecule has 142 valence electrons. The van der Waals surface area contributed by atoms with E-state index in [-0.39, 0.29) is 47.8 Å². The Bertz CT molecular complexity index is 865. The zero-order chi connectivity index (χ0) is 19.3. The summed E-state index contributed by atoms with van der Waals surface area (Å²) >= 11 is 6.04. The van der Waals surface area contributed by atoms with E-state index in [0.717, 1.165) is 4.90 Å². The molecule has 0 unspecified atom stereocenters. The van der Waals surface area contributed by atoms with Crippen LogP contribution in [0.4, 0.5) is 4.79 Å². The number of nitrogens with zero attached hydrogens (tertiary/aromatic N) is 3. The molecule has 8 nitrogen and oxygen atoms in total. The van der Waals surface area contributed by atoms with Gasteiger partial charge in [0.15, 0.2) is 0 Å². The molecule has 2 saturated heterocycles. The number of hydrogen-bond donors (Lipinski definition) is 0. The Morgan fingerprint density at radius 2 is 1.77 bits per heavy atom. The number of imide groups is 1. The average Bonchev–Trinajstić information content (AvgIpc) is 2.78. The molecule has 0 saturated carbocycles. The lowest BCUT2D eigenvalue weighted by Crippen LogP contribution is -2.56. The monoisotopic (exact) mass is 401 g/mol. The van der Waals surface area contributed by atoms with E-state index in [1.807, 2.05) is 0 Å². The number of carbonyl (C=O) groups is 2. The minimum atomic E-state index is -3.75. The van der Waals surface area contributed by atoms with Crippen LogP contribution in [0.3, 0.4) is 0 Å². The molecule has 1 spiro atoms. The third-order valence-corrected chi connectivity index (χ3v) is 7.42. The molecule has 2 aliphatic rings. The van der Waals surface area contributed by atoms with Crippen LogP contribution in [0.2, 0.25) is 5.02 Å². The van der Waals surface area contributed by atoms with E-state index in [9.17, 15) is 18.0 Å². The van der Waals surface area contributed by atoms with Gasteiger partial charge in [0.1, 0.15) is 11.3 Å². The Morgan fingerprint density at radius 1 is 1.15 bits per heavy atom. The summed E-state index contributed by atoms with van der Waals surface area (Å²) < 4.78 is 32.1. The van der Waals surface area contributed by atoms with E-state index in [2.05, 4.69) is 0 Å². The lowest BCUT2D eigenvalue weighted by molar-refractivity contribution is -0.133. The molecular weight excluding hydrogens is 382 g/mol. The van der Waals surface area contributed by atoms with Gasteiger partial charge in [0.05, 0.1) is 17.0 Å². The normalized spacial score (nSPS) is 20.9. The third kappa shape index (κ3) is 2.65. The van der Waals surface area contributed by atoms with Gasteiger partial charge < -0.3 is 9.64 Å². The molecule has 3 amide bonds. The van der Waals surface area contributed by atoms with Crippen molar-refractivity contribution in [3.8, 4) is 5.75 Å². The van der Waals surface area contributed by atoms with Crippen LogP contribution in [-0.2, 0) is 14.8 Å². The Morgan fingerprint density at radius 3 is 2.23 bits per heavy atom. The second-order valence-electron chi connectivity index (χ2n) is 6.44. The van der Waals surface area contributed by atoms with Crippen molar-refractivity contribution in [2.24, 2.45) is 0 Å². The number of hydrogen-bond acceptors (Lipinski definition) is 5. The lowest BCUT2D eigenvalue weighted by Gasteiger charge is -2.40. The predicted octanol–water partition coefficient (Wildman–Crippen LogP) is 1.40. The molecule has 10 heteroatoms. The fourth-order valence-electron chi connectivity index (χ4n) is 3.55. The van der Waals surface area contributed by atoms with E-state index >= 15 is 0 Å². The number of amides is 3. The molecule has 2 heterocycles. The summed E-state index contributed by atoms with van der Waals surface area (Å²) in [6.07, 6.45) is 0.503. The zero-order valence-electron chi connectivity index (χ0n) is 14.7. The highest BCUT2D eigenvalue weighted by Crippen LogP contribution is 2.37. The summed E-state index contributed by atoms with van der Waals surface area (Å²) in [6.45, 7) is 0.284. The van der Waals surface area contributed by atoms with Gasteiger partial charge in [0.2, 0.25) is 10.0 Å². The Kier molecular flexibility index (Phi) is 4.66. The van der Waals surface area contributed by atoms with Gasteiger partial charge in [-0.15, -0.1) is 0 Å². The molecule has 2 fully saturated rings. The lowest BCUT2D eigenvalue weighted by atomic mass is 9.87. The number of rotatable bonds is 3. The standard InChI is InChI=1S/C16H20ClN3O5S/c1-18-14(21)16(19(2)15(18)22)6-8-20(9-7-16)26(23,24)11-4-5-13(25-3)12(17)10-11/h4-5,10H,6-9H2,1-3H3. The van der Waals surface area contributed by atoms with E-state index in [0.29, 0.717) is 5.75 Å². The summed E-state index contributed by atoms with van der Waals surface area (Å²) in [5, 5.41) is 0.208. The van der Waals surface area contributed by atoms with Crippen LogP contribution in [0.15, 0.2) is 23.1 Å². The minimum Gasteiger partial charge on any atom is -0.495 e. The second-order valence-corrected chi connectivity index (χ2v) is 8.78. The number of carbonyl (C=O) groups excluding carboxylic acids is 2. The van der Waals surface area contributed by atoms with Crippen LogP contribution < -0.4 is 4.74 Å². The average molecular weight is 402 g/mol. The maximum absolute atomic E-state index is 12.9. The molecule has 1 aromatic rings. The Labute approximate surface area is 157 Å². The highest BCUT2D eigenvalue weighted by Gasteiger charge is 2.56.